The molecule has 0 aliphatic rings. The van der Waals surface area contributed by atoms with Crippen LogP contribution in [0.4, 0.5) is 4.39 Å². The summed E-state index contributed by atoms with van der Waals surface area (Å²) in [5, 5.41) is 0. The first-order chi connectivity index (χ1) is 7.60. The summed E-state index contributed by atoms with van der Waals surface area (Å²) in [5.74, 6) is 0.549. The van der Waals surface area contributed by atoms with Gasteiger partial charge in [0.15, 0.2) is 11.6 Å². The van der Waals surface area contributed by atoms with Crippen LogP contribution in [0.25, 0.3) is 0 Å². The number of hydrogen-bond donors (Lipinski definition) is 0. The molecule has 0 aliphatic heterocycles. The van der Waals surface area contributed by atoms with Crippen molar-refractivity contribution >= 4 is 15.9 Å². The summed E-state index contributed by atoms with van der Waals surface area (Å²) in [6, 6.07) is 5.32. The number of hydrogen-bond acceptors (Lipinski definition) is 1. The summed E-state index contributed by atoms with van der Waals surface area (Å²) >= 11 is 3.56. The van der Waals surface area contributed by atoms with Gasteiger partial charge in [0.2, 0.25) is 0 Å². The summed E-state index contributed by atoms with van der Waals surface area (Å²) in [4.78, 5) is 0.392. The molecule has 2 atom stereocenters. The number of halogens is 2. The first kappa shape index (κ1) is 13.5. The van der Waals surface area contributed by atoms with E-state index in [2.05, 4.69) is 29.8 Å². The van der Waals surface area contributed by atoms with Gasteiger partial charge < -0.3 is 4.74 Å². The Morgan fingerprint density at radius 1 is 1.44 bits per heavy atom. The lowest BCUT2D eigenvalue weighted by Gasteiger charge is -2.18. The van der Waals surface area contributed by atoms with Gasteiger partial charge in [-0.1, -0.05) is 48.3 Å². The third-order valence-corrected chi connectivity index (χ3v) is 3.67. The number of methoxy groups -OCH3 is 1. The molecule has 0 radical (unpaired) electrons. The largest absolute Gasteiger partial charge is 0.494 e. The summed E-state index contributed by atoms with van der Waals surface area (Å²) in [6.07, 6.45) is 1.77. The molecule has 0 N–H and O–H groups in total. The van der Waals surface area contributed by atoms with E-state index in [9.17, 15) is 4.39 Å². The SMILES string of the molecule is CCC(Cc1cccc(OC)c1F)C(C)Br. The van der Waals surface area contributed by atoms with E-state index in [0.717, 1.165) is 18.4 Å². The van der Waals surface area contributed by atoms with Crippen LogP contribution in [0.3, 0.4) is 0 Å². The Labute approximate surface area is 105 Å². The van der Waals surface area contributed by atoms with Crippen molar-refractivity contribution in [1.82, 2.24) is 0 Å². The Bertz CT molecular complexity index is 339. The molecule has 0 fully saturated rings. The van der Waals surface area contributed by atoms with Crippen LogP contribution in [-0.2, 0) is 6.42 Å². The van der Waals surface area contributed by atoms with Crippen molar-refractivity contribution in [2.75, 3.05) is 7.11 Å². The Balaban J connectivity index is 2.88. The van der Waals surface area contributed by atoms with Gasteiger partial charge in [-0.05, 0) is 24.0 Å². The van der Waals surface area contributed by atoms with Gasteiger partial charge in [-0.2, -0.15) is 0 Å². The molecule has 16 heavy (non-hydrogen) atoms. The molecule has 0 amide bonds. The highest BCUT2D eigenvalue weighted by Gasteiger charge is 2.16. The second kappa shape index (κ2) is 6.24. The van der Waals surface area contributed by atoms with Gasteiger partial charge in [-0.25, -0.2) is 4.39 Å². The minimum absolute atomic E-state index is 0.225. The van der Waals surface area contributed by atoms with Gasteiger partial charge in [0.1, 0.15) is 0 Å². The summed E-state index contributed by atoms with van der Waals surface area (Å²) in [6.45, 7) is 4.23. The number of ether oxygens (including phenoxy) is 1. The lowest BCUT2D eigenvalue weighted by Crippen LogP contribution is -2.14. The highest BCUT2D eigenvalue weighted by atomic mass is 79.9. The molecule has 0 saturated carbocycles. The fraction of sp³-hybridized carbons (Fsp3) is 0.538. The van der Waals surface area contributed by atoms with Gasteiger partial charge in [0.25, 0.3) is 0 Å². The highest BCUT2D eigenvalue weighted by Crippen LogP contribution is 2.26. The monoisotopic (exact) mass is 288 g/mol. The van der Waals surface area contributed by atoms with Crippen molar-refractivity contribution in [3.63, 3.8) is 0 Å². The minimum Gasteiger partial charge on any atom is -0.494 e. The lowest BCUT2D eigenvalue weighted by atomic mass is 9.94. The topological polar surface area (TPSA) is 9.23 Å². The molecule has 0 saturated heterocycles. The first-order valence-corrected chi connectivity index (χ1v) is 6.47. The van der Waals surface area contributed by atoms with Gasteiger partial charge in [0.05, 0.1) is 7.11 Å². The Morgan fingerprint density at radius 2 is 2.12 bits per heavy atom. The Hall–Kier alpha value is -0.570. The van der Waals surface area contributed by atoms with Crippen LogP contribution in [0.2, 0.25) is 0 Å². The molecule has 0 aromatic heterocycles. The molecule has 90 valence electrons. The minimum atomic E-state index is -0.225. The molecule has 1 aromatic carbocycles. The molecule has 0 heterocycles. The standard InChI is InChI=1S/C13H18BrFO/c1-4-10(9(2)14)8-11-6-5-7-12(16-3)13(11)15/h5-7,9-10H,4,8H2,1-3H3. The third-order valence-electron chi connectivity index (χ3n) is 2.92. The average molecular weight is 289 g/mol. The molecule has 1 rings (SSSR count). The third kappa shape index (κ3) is 3.21. The fourth-order valence-corrected chi connectivity index (χ4v) is 2.35. The van der Waals surface area contributed by atoms with E-state index in [4.69, 9.17) is 4.74 Å². The maximum atomic E-state index is 13.9. The van der Waals surface area contributed by atoms with Crippen LogP contribution in [-0.4, -0.2) is 11.9 Å². The van der Waals surface area contributed by atoms with Crippen LogP contribution >= 0.6 is 15.9 Å². The second-order valence-electron chi connectivity index (χ2n) is 3.98. The summed E-state index contributed by atoms with van der Waals surface area (Å²) < 4.78 is 18.9. The van der Waals surface area contributed by atoms with E-state index >= 15 is 0 Å². The molecular formula is C13H18BrFO. The lowest BCUT2D eigenvalue weighted by molar-refractivity contribution is 0.381. The van der Waals surface area contributed by atoms with Crippen molar-refractivity contribution in [2.45, 2.75) is 31.5 Å². The van der Waals surface area contributed by atoms with Crippen molar-refractivity contribution < 1.29 is 9.13 Å². The first-order valence-electron chi connectivity index (χ1n) is 5.55. The highest BCUT2D eigenvalue weighted by molar-refractivity contribution is 9.09. The maximum Gasteiger partial charge on any atom is 0.168 e. The zero-order valence-corrected chi connectivity index (χ0v) is 11.6. The molecule has 0 bridgehead atoms. The van der Waals surface area contributed by atoms with Crippen LogP contribution in [0, 0.1) is 11.7 Å². The number of alkyl halides is 1. The van der Waals surface area contributed by atoms with Crippen LogP contribution < -0.4 is 4.74 Å². The van der Waals surface area contributed by atoms with Gasteiger partial charge in [-0.3, -0.25) is 0 Å². The van der Waals surface area contributed by atoms with Crippen LogP contribution in [0.1, 0.15) is 25.8 Å². The van der Waals surface area contributed by atoms with Crippen molar-refractivity contribution in [2.24, 2.45) is 5.92 Å². The molecular weight excluding hydrogens is 271 g/mol. The predicted molar refractivity (Wildman–Crippen MR) is 68.8 cm³/mol. The fourth-order valence-electron chi connectivity index (χ4n) is 1.79. The van der Waals surface area contributed by atoms with E-state index < -0.39 is 0 Å². The number of benzene rings is 1. The van der Waals surface area contributed by atoms with E-state index in [1.54, 1.807) is 6.07 Å². The van der Waals surface area contributed by atoms with E-state index in [1.165, 1.54) is 7.11 Å². The van der Waals surface area contributed by atoms with Gasteiger partial charge in [-0.15, -0.1) is 0 Å². The second-order valence-corrected chi connectivity index (χ2v) is 5.43. The van der Waals surface area contributed by atoms with Gasteiger partial charge >= 0.3 is 0 Å². The molecule has 0 spiro atoms. The normalized spacial score (nSPS) is 14.6. The van der Waals surface area contributed by atoms with Gasteiger partial charge in [0, 0.05) is 4.83 Å². The van der Waals surface area contributed by atoms with E-state index in [0.29, 0.717) is 16.5 Å². The quantitative estimate of drug-likeness (QED) is 0.739. The summed E-state index contributed by atoms with van der Waals surface area (Å²) in [7, 11) is 1.49. The predicted octanol–water partition coefficient (Wildman–Crippen LogP) is 4.19. The summed E-state index contributed by atoms with van der Waals surface area (Å²) in [5.41, 5.74) is 0.734. The zero-order valence-electron chi connectivity index (χ0n) is 9.97. The molecule has 2 unspecified atom stereocenters. The number of rotatable bonds is 5. The Morgan fingerprint density at radius 3 is 2.62 bits per heavy atom. The molecule has 1 nitrogen and oxygen atoms in total. The van der Waals surface area contributed by atoms with Crippen molar-refractivity contribution in [3.8, 4) is 5.75 Å². The van der Waals surface area contributed by atoms with Crippen molar-refractivity contribution in [1.29, 1.82) is 0 Å². The molecule has 1 aromatic rings. The van der Waals surface area contributed by atoms with E-state index in [-0.39, 0.29) is 5.82 Å². The average Bonchev–Trinajstić information content (AvgIpc) is 2.27. The van der Waals surface area contributed by atoms with E-state index in [1.807, 2.05) is 12.1 Å². The maximum absolute atomic E-state index is 13.9. The van der Waals surface area contributed by atoms with Crippen LogP contribution in [0.15, 0.2) is 18.2 Å². The molecule has 3 heteroatoms. The van der Waals surface area contributed by atoms with Crippen molar-refractivity contribution in [3.05, 3.63) is 29.6 Å². The molecule has 0 aliphatic carbocycles. The smallest absolute Gasteiger partial charge is 0.168 e. The zero-order chi connectivity index (χ0) is 12.1. The Kier molecular flexibility index (Phi) is 5.26. The van der Waals surface area contributed by atoms with Crippen LogP contribution in [0.5, 0.6) is 5.75 Å².